The molecule has 2 rings (SSSR count). The number of hydrogen-bond donors (Lipinski definition) is 0. The Bertz CT molecular complexity index is 393. The summed E-state index contributed by atoms with van der Waals surface area (Å²) in [6.07, 6.45) is 2.57. The Morgan fingerprint density at radius 3 is 2.84 bits per heavy atom. The number of ether oxygens (including phenoxy) is 2. The predicted octanol–water partition coefficient (Wildman–Crippen LogP) is 3.18. The molecule has 0 radical (unpaired) electrons. The largest absolute Gasteiger partial charge is 0.465 e. The average molecular weight is 331 g/mol. The third-order valence-corrected chi connectivity index (χ3v) is 5.69. The summed E-state index contributed by atoms with van der Waals surface area (Å²) >= 11 is 3.55. The molecule has 0 aromatic rings. The number of carbonyl (C=O) groups excluding carboxylic acids is 1. The van der Waals surface area contributed by atoms with E-state index < -0.39 is 0 Å². The lowest BCUT2D eigenvalue weighted by molar-refractivity contribution is -0.174. The standard InChI is InChI=1S/C15H23BrO3/c1-9-5-10(2)15(7-18-12(4)17)8-19-13(6-16)14(9)11(15)3/h5,10-11,13-14H,6-8H2,1-4H3/t10-,11-,13+,14+,15+/m1/s1. The number of halogens is 1. The second kappa shape index (κ2) is 5.57. The molecule has 1 aliphatic heterocycles. The second-order valence-corrected chi connectivity index (χ2v) is 6.68. The topological polar surface area (TPSA) is 35.5 Å². The van der Waals surface area contributed by atoms with Crippen LogP contribution in [0.25, 0.3) is 0 Å². The zero-order chi connectivity index (χ0) is 14.2. The molecule has 108 valence electrons. The van der Waals surface area contributed by atoms with Gasteiger partial charge >= 0.3 is 5.97 Å². The van der Waals surface area contributed by atoms with Crippen LogP contribution in [0.5, 0.6) is 0 Å². The van der Waals surface area contributed by atoms with Crippen molar-refractivity contribution in [2.75, 3.05) is 18.5 Å². The second-order valence-electron chi connectivity index (χ2n) is 6.03. The Morgan fingerprint density at radius 2 is 2.26 bits per heavy atom. The third-order valence-electron chi connectivity index (χ3n) is 5.05. The molecule has 1 aliphatic carbocycles. The minimum absolute atomic E-state index is 0.0749. The third kappa shape index (κ3) is 2.49. The minimum Gasteiger partial charge on any atom is -0.465 e. The highest BCUT2D eigenvalue weighted by atomic mass is 79.9. The molecule has 0 aromatic carbocycles. The van der Waals surface area contributed by atoms with E-state index in [1.165, 1.54) is 12.5 Å². The number of esters is 1. The summed E-state index contributed by atoms with van der Waals surface area (Å²) in [5, 5.41) is 0.852. The normalized spacial score (nSPS) is 41.6. The zero-order valence-corrected chi connectivity index (χ0v) is 13.7. The van der Waals surface area contributed by atoms with Crippen molar-refractivity contribution in [3.8, 4) is 0 Å². The van der Waals surface area contributed by atoms with E-state index in [4.69, 9.17) is 9.47 Å². The zero-order valence-electron chi connectivity index (χ0n) is 12.1. The van der Waals surface area contributed by atoms with Crippen molar-refractivity contribution >= 4 is 21.9 Å². The first-order valence-corrected chi connectivity index (χ1v) is 8.03. The van der Waals surface area contributed by atoms with Gasteiger partial charge in [-0.1, -0.05) is 41.4 Å². The number of fused-ring (bicyclic) bond motifs is 2. The Morgan fingerprint density at radius 1 is 1.58 bits per heavy atom. The summed E-state index contributed by atoms with van der Waals surface area (Å²) in [5.74, 6) is 1.04. The van der Waals surface area contributed by atoms with Gasteiger partial charge in [0.25, 0.3) is 0 Å². The lowest BCUT2D eigenvalue weighted by Crippen LogP contribution is -2.57. The number of alkyl halides is 1. The lowest BCUT2D eigenvalue weighted by Gasteiger charge is -2.55. The molecule has 3 nitrogen and oxygen atoms in total. The maximum atomic E-state index is 11.2. The summed E-state index contributed by atoms with van der Waals surface area (Å²) in [6.45, 7) is 9.27. The van der Waals surface area contributed by atoms with Crippen LogP contribution in [0.3, 0.4) is 0 Å². The van der Waals surface area contributed by atoms with Crippen LogP contribution in [0.4, 0.5) is 0 Å². The van der Waals surface area contributed by atoms with Crippen LogP contribution < -0.4 is 0 Å². The first-order chi connectivity index (χ1) is 8.92. The van der Waals surface area contributed by atoms with Gasteiger partial charge in [0.15, 0.2) is 0 Å². The van der Waals surface area contributed by atoms with E-state index in [-0.39, 0.29) is 17.5 Å². The first-order valence-electron chi connectivity index (χ1n) is 6.91. The number of rotatable bonds is 3. The van der Waals surface area contributed by atoms with Crippen LogP contribution in [-0.2, 0) is 14.3 Å². The summed E-state index contributed by atoms with van der Waals surface area (Å²) in [4.78, 5) is 11.2. The molecule has 0 spiro atoms. The first kappa shape index (κ1) is 15.0. The maximum absolute atomic E-state index is 11.2. The van der Waals surface area contributed by atoms with Gasteiger partial charge in [-0.2, -0.15) is 0 Å². The van der Waals surface area contributed by atoms with Crippen molar-refractivity contribution in [2.24, 2.45) is 23.2 Å². The molecule has 1 saturated heterocycles. The number of allylic oxidation sites excluding steroid dienone is 1. The van der Waals surface area contributed by atoms with Gasteiger partial charge in [-0.15, -0.1) is 0 Å². The smallest absolute Gasteiger partial charge is 0.302 e. The van der Waals surface area contributed by atoms with Gasteiger partial charge < -0.3 is 9.47 Å². The van der Waals surface area contributed by atoms with Gasteiger partial charge in [-0.3, -0.25) is 4.79 Å². The molecule has 0 amide bonds. The molecular weight excluding hydrogens is 308 g/mol. The molecule has 0 unspecified atom stereocenters. The van der Waals surface area contributed by atoms with Gasteiger partial charge in [0.05, 0.1) is 19.3 Å². The van der Waals surface area contributed by atoms with Crippen molar-refractivity contribution in [3.63, 3.8) is 0 Å². The molecule has 2 bridgehead atoms. The molecule has 1 heterocycles. The average Bonchev–Trinajstić information content (AvgIpc) is 2.34. The Kier molecular flexibility index (Phi) is 4.41. The fourth-order valence-corrected chi connectivity index (χ4v) is 4.35. The highest BCUT2D eigenvalue weighted by Gasteiger charge is 2.53. The summed E-state index contributed by atoms with van der Waals surface area (Å²) < 4.78 is 11.4. The molecule has 0 aromatic heterocycles. The monoisotopic (exact) mass is 330 g/mol. The van der Waals surface area contributed by atoms with Crippen molar-refractivity contribution in [1.29, 1.82) is 0 Å². The van der Waals surface area contributed by atoms with Crippen LogP contribution in [0.15, 0.2) is 11.6 Å². The maximum Gasteiger partial charge on any atom is 0.302 e. The molecule has 0 N–H and O–H groups in total. The Hall–Kier alpha value is -0.350. The number of hydrogen-bond acceptors (Lipinski definition) is 3. The fourth-order valence-electron chi connectivity index (χ4n) is 3.76. The van der Waals surface area contributed by atoms with E-state index >= 15 is 0 Å². The highest BCUT2D eigenvalue weighted by Crippen LogP contribution is 2.52. The van der Waals surface area contributed by atoms with E-state index in [2.05, 4.69) is 42.8 Å². The van der Waals surface area contributed by atoms with Crippen LogP contribution >= 0.6 is 15.9 Å². The van der Waals surface area contributed by atoms with Crippen LogP contribution in [0, 0.1) is 23.2 Å². The SMILES string of the molecule is CC(=O)OC[C@]12CO[C@@H](CBr)[C@@H](C(C)=C[C@H]1C)[C@H]2C. The van der Waals surface area contributed by atoms with Gasteiger partial charge in [0, 0.05) is 23.6 Å². The lowest BCUT2D eigenvalue weighted by atomic mass is 9.56. The van der Waals surface area contributed by atoms with E-state index in [1.54, 1.807) is 0 Å². The molecule has 19 heavy (non-hydrogen) atoms. The number of carbonyl (C=O) groups is 1. The Balaban J connectivity index is 2.31. The molecule has 5 atom stereocenters. The highest BCUT2D eigenvalue weighted by molar-refractivity contribution is 9.09. The van der Waals surface area contributed by atoms with E-state index in [1.807, 2.05) is 0 Å². The fraction of sp³-hybridized carbons (Fsp3) is 0.800. The molecule has 2 aliphatic rings. The molecule has 0 saturated carbocycles. The summed E-state index contributed by atoms with van der Waals surface area (Å²) in [7, 11) is 0. The van der Waals surface area contributed by atoms with Gasteiger partial charge in [-0.25, -0.2) is 0 Å². The van der Waals surface area contributed by atoms with Crippen LogP contribution in [0.1, 0.15) is 27.7 Å². The predicted molar refractivity (Wildman–Crippen MR) is 78.2 cm³/mol. The Labute approximate surface area is 123 Å². The summed E-state index contributed by atoms with van der Waals surface area (Å²) in [6, 6.07) is 0. The van der Waals surface area contributed by atoms with Crippen molar-refractivity contribution in [1.82, 2.24) is 0 Å². The quantitative estimate of drug-likeness (QED) is 0.453. The van der Waals surface area contributed by atoms with Crippen molar-refractivity contribution < 1.29 is 14.3 Å². The van der Waals surface area contributed by atoms with E-state index in [0.29, 0.717) is 31.0 Å². The molecular formula is C15H23BrO3. The van der Waals surface area contributed by atoms with Gasteiger partial charge in [-0.05, 0) is 18.8 Å². The molecule has 1 fully saturated rings. The van der Waals surface area contributed by atoms with Crippen LogP contribution in [-0.4, -0.2) is 30.6 Å². The van der Waals surface area contributed by atoms with E-state index in [0.717, 1.165) is 5.33 Å². The van der Waals surface area contributed by atoms with Gasteiger partial charge in [0.1, 0.15) is 0 Å². The summed E-state index contributed by atoms with van der Waals surface area (Å²) in [5.41, 5.74) is 1.33. The minimum atomic E-state index is -0.209. The molecule has 4 heteroatoms. The van der Waals surface area contributed by atoms with E-state index in [9.17, 15) is 4.79 Å². The van der Waals surface area contributed by atoms with Crippen molar-refractivity contribution in [2.45, 2.75) is 33.8 Å². The van der Waals surface area contributed by atoms with Crippen LogP contribution in [0.2, 0.25) is 0 Å². The van der Waals surface area contributed by atoms with Crippen molar-refractivity contribution in [3.05, 3.63) is 11.6 Å². The van der Waals surface area contributed by atoms with Gasteiger partial charge in [0.2, 0.25) is 0 Å².